The monoisotopic (exact) mass is 795 g/mol. The molecule has 326 valence electrons. The number of hydrogen-bond acceptors (Lipinski definition) is 6. The van der Waals surface area contributed by atoms with Crippen LogP contribution in [0.5, 0.6) is 0 Å². The Bertz CT molecular complexity index is 1100. The van der Waals surface area contributed by atoms with Crippen LogP contribution in [0.1, 0.15) is 213 Å². The van der Waals surface area contributed by atoms with Gasteiger partial charge in [-0.25, -0.2) is 0 Å². The lowest BCUT2D eigenvalue weighted by Crippen LogP contribution is -2.30. The standard InChI is InChI=1S/C51H86O6/c1-4-7-10-13-16-19-21-23-24-25-26-28-29-32-35-38-41-44-50(53)56-47-48(46-55-49(52)43-40-37-34-31-18-15-12-9-6-3)57-51(54)45-42-39-36-33-30-27-22-20-17-14-11-8-5-2/h7,10,16,19,23-24,26,28,31-32,34-35,48H,4-6,8-9,11-15,17-18,20-22,25,27,29-30,33,36-47H2,1-3H3/b10-7-,19-16-,24-23-,28-26-,34-31-,35-32-. The number of esters is 3. The lowest BCUT2D eigenvalue weighted by atomic mass is 10.0. The van der Waals surface area contributed by atoms with Crippen LogP contribution in [0.25, 0.3) is 0 Å². The van der Waals surface area contributed by atoms with E-state index in [1.165, 1.54) is 89.9 Å². The summed E-state index contributed by atoms with van der Waals surface area (Å²) >= 11 is 0. The molecular formula is C51H86O6. The highest BCUT2D eigenvalue weighted by atomic mass is 16.6. The number of unbranched alkanes of at least 4 members (excludes halogenated alkanes) is 18. The summed E-state index contributed by atoms with van der Waals surface area (Å²) in [6.45, 7) is 6.40. The van der Waals surface area contributed by atoms with Crippen LogP contribution in [0, 0.1) is 0 Å². The highest BCUT2D eigenvalue weighted by Gasteiger charge is 2.19. The number of allylic oxidation sites excluding steroid dienone is 12. The third-order valence-corrected chi connectivity index (χ3v) is 9.70. The van der Waals surface area contributed by atoms with Crippen LogP contribution < -0.4 is 0 Å². The summed E-state index contributed by atoms with van der Waals surface area (Å²) < 4.78 is 16.6. The Labute approximate surface area is 351 Å². The third kappa shape index (κ3) is 43.8. The minimum absolute atomic E-state index is 0.107. The fraction of sp³-hybridized carbons (Fsp3) is 0.706. The molecule has 0 aliphatic rings. The van der Waals surface area contributed by atoms with Gasteiger partial charge < -0.3 is 14.2 Å². The van der Waals surface area contributed by atoms with Crippen molar-refractivity contribution < 1.29 is 28.6 Å². The van der Waals surface area contributed by atoms with Crippen LogP contribution in [0.15, 0.2) is 72.9 Å². The van der Waals surface area contributed by atoms with E-state index < -0.39 is 6.10 Å². The van der Waals surface area contributed by atoms with Gasteiger partial charge in [-0.3, -0.25) is 14.4 Å². The van der Waals surface area contributed by atoms with Crippen LogP contribution in [0.3, 0.4) is 0 Å². The quantitative estimate of drug-likeness (QED) is 0.0265. The van der Waals surface area contributed by atoms with Crippen LogP contribution in [-0.2, 0) is 28.6 Å². The van der Waals surface area contributed by atoms with Gasteiger partial charge in [-0.1, -0.05) is 190 Å². The van der Waals surface area contributed by atoms with E-state index in [2.05, 4.69) is 93.7 Å². The first-order valence-electron chi connectivity index (χ1n) is 23.4. The van der Waals surface area contributed by atoms with Crippen molar-refractivity contribution in [1.82, 2.24) is 0 Å². The highest BCUT2D eigenvalue weighted by Crippen LogP contribution is 2.14. The first-order valence-corrected chi connectivity index (χ1v) is 23.4. The molecule has 6 heteroatoms. The van der Waals surface area contributed by atoms with Crippen molar-refractivity contribution in [2.24, 2.45) is 0 Å². The van der Waals surface area contributed by atoms with E-state index in [-0.39, 0.29) is 37.5 Å². The molecule has 0 aromatic carbocycles. The van der Waals surface area contributed by atoms with E-state index in [4.69, 9.17) is 14.2 Å². The summed E-state index contributed by atoms with van der Waals surface area (Å²) in [5.41, 5.74) is 0. The van der Waals surface area contributed by atoms with Crippen molar-refractivity contribution in [2.45, 2.75) is 219 Å². The molecule has 0 saturated heterocycles. The summed E-state index contributed by atoms with van der Waals surface area (Å²) in [7, 11) is 0. The minimum Gasteiger partial charge on any atom is -0.462 e. The summed E-state index contributed by atoms with van der Waals surface area (Å²) in [6.07, 6.45) is 56.1. The number of ether oxygens (including phenoxy) is 3. The molecule has 0 radical (unpaired) electrons. The van der Waals surface area contributed by atoms with E-state index in [1.807, 2.05) is 0 Å². The Balaban J connectivity index is 4.46. The zero-order valence-electron chi connectivity index (χ0n) is 37.1. The van der Waals surface area contributed by atoms with Gasteiger partial charge in [0.25, 0.3) is 0 Å². The molecule has 0 aliphatic carbocycles. The Morgan fingerprint density at radius 2 is 0.702 bits per heavy atom. The molecule has 1 atom stereocenters. The summed E-state index contributed by atoms with van der Waals surface area (Å²) in [5, 5.41) is 0. The molecule has 0 saturated carbocycles. The van der Waals surface area contributed by atoms with Gasteiger partial charge in [-0.2, -0.15) is 0 Å². The average Bonchev–Trinajstić information content (AvgIpc) is 3.21. The van der Waals surface area contributed by atoms with Crippen molar-refractivity contribution in [2.75, 3.05) is 13.2 Å². The third-order valence-electron chi connectivity index (χ3n) is 9.70. The first kappa shape index (κ1) is 53.9. The van der Waals surface area contributed by atoms with Gasteiger partial charge in [0.05, 0.1) is 0 Å². The molecule has 0 spiro atoms. The second kappa shape index (κ2) is 45.6. The van der Waals surface area contributed by atoms with Gasteiger partial charge in [-0.05, 0) is 77.0 Å². The molecule has 6 nitrogen and oxygen atoms in total. The molecule has 0 fully saturated rings. The Morgan fingerprint density at radius 3 is 1.14 bits per heavy atom. The molecule has 57 heavy (non-hydrogen) atoms. The molecule has 0 bridgehead atoms. The lowest BCUT2D eigenvalue weighted by molar-refractivity contribution is -0.167. The fourth-order valence-electron chi connectivity index (χ4n) is 6.19. The maximum Gasteiger partial charge on any atom is 0.306 e. The minimum atomic E-state index is -0.804. The molecule has 0 aliphatic heterocycles. The van der Waals surface area contributed by atoms with E-state index in [9.17, 15) is 14.4 Å². The van der Waals surface area contributed by atoms with Crippen LogP contribution in [-0.4, -0.2) is 37.2 Å². The van der Waals surface area contributed by atoms with Gasteiger partial charge in [0.2, 0.25) is 0 Å². The predicted molar refractivity (Wildman–Crippen MR) is 242 cm³/mol. The van der Waals surface area contributed by atoms with E-state index in [0.717, 1.165) is 70.6 Å². The lowest BCUT2D eigenvalue weighted by Gasteiger charge is -2.18. The highest BCUT2D eigenvalue weighted by molar-refractivity contribution is 5.71. The maximum absolute atomic E-state index is 12.7. The number of hydrogen-bond donors (Lipinski definition) is 0. The van der Waals surface area contributed by atoms with Crippen LogP contribution in [0.4, 0.5) is 0 Å². The number of carbonyl (C=O) groups excluding carboxylic acids is 3. The molecule has 0 aromatic heterocycles. The average molecular weight is 795 g/mol. The van der Waals surface area contributed by atoms with Crippen molar-refractivity contribution in [1.29, 1.82) is 0 Å². The first-order chi connectivity index (χ1) is 28.0. The van der Waals surface area contributed by atoms with Crippen molar-refractivity contribution >= 4 is 17.9 Å². The second-order valence-corrected chi connectivity index (χ2v) is 15.3. The number of carbonyl (C=O) groups is 3. The zero-order valence-corrected chi connectivity index (χ0v) is 37.1. The second-order valence-electron chi connectivity index (χ2n) is 15.3. The fourth-order valence-corrected chi connectivity index (χ4v) is 6.19. The largest absolute Gasteiger partial charge is 0.462 e. The van der Waals surface area contributed by atoms with Crippen molar-refractivity contribution in [3.05, 3.63) is 72.9 Å². The summed E-state index contributed by atoms with van der Waals surface area (Å²) in [6, 6.07) is 0. The Hall–Kier alpha value is -3.15. The van der Waals surface area contributed by atoms with Crippen molar-refractivity contribution in [3.8, 4) is 0 Å². The summed E-state index contributed by atoms with van der Waals surface area (Å²) in [4.78, 5) is 37.7. The SMILES string of the molecule is CC/C=C\C/C=C\C/C=C\C/C=C\C/C=C\CCCC(=O)OCC(COC(=O)CCC/C=C\CCCCCC)OC(=O)CCCCCCCCCCCCCCC. The van der Waals surface area contributed by atoms with E-state index >= 15 is 0 Å². The maximum atomic E-state index is 12.7. The Kier molecular flexibility index (Phi) is 43.0. The number of rotatable bonds is 41. The molecule has 0 N–H and O–H groups in total. The van der Waals surface area contributed by atoms with Gasteiger partial charge in [0.15, 0.2) is 6.10 Å². The van der Waals surface area contributed by atoms with Crippen LogP contribution >= 0.6 is 0 Å². The molecule has 0 heterocycles. The van der Waals surface area contributed by atoms with E-state index in [0.29, 0.717) is 25.7 Å². The summed E-state index contributed by atoms with van der Waals surface area (Å²) in [5.74, 6) is -1.00. The molecule has 1 unspecified atom stereocenters. The molecule has 0 rings (SSSR count). The van der Waals surface area contributed by atoms with Gasteiger partial charge in [-0.15, -0.1) is 0 Å². The molecular weight excluding hydrogens is 709 g/mol. The smallest absolute Gasteiger partial charge is 0.306 e. The van der Waals surface area contributed by atoms with Gasteiger partial charge >= 0.3 is 17.9 Å². The Morgan fingerprint density at radius 1 is 0.368 bits per heavy atom. The zero-order chi connectivity index (χ0) is 41.5. The molecule has 0 amide bonds. The predicted octanol–water partition coefficient (Wildman–Crippen LogP) is 15.1. The van der Waals surface area contributed by atoms with Gasteiger partial charge in [0.1, 0.15) is 13.2 Å². The van der Waals surface area contributed by atoms with Crippen LogP contribution in [0.2, 0.25) is 0 Å². The van der Waals surface area contributed by atoms with Crippen molar-refractivity contribution in [3.63, 3.8) is 0 Å². The van der Waals surface area contributed by atoms with E-state index in [1.54, 1.807) is 0 Å². The topological polar surface area (TPSA) is 78.9 Å². The normalized spacial score (nSPS) is 12.7. The molecule has 0 aromatic rings. The van der Waals surface area contributed by atoms with Gasteiger partial charge in [0, 0.05) is 19.3 Å².